The van der Waals surface area contributed by atoms with Crippen molar-refractivity contribution < 1.29 is 0 Å². The molecule has 0 unspecified atom stereocenters. The Morgan fingerprint density at radius 1 is 0.460 bits per heavy atom. The standard InChI is InChI=1S/C18H23N5.C17H21N5.C13H12BrN3.ClH/c1-22-6-8-23(9-7-22)17-12-19-18(20-13-17)21-16-10-14-4-2-3-5-15(14)11-16;1-2-4-14-10-15(9-13(14)3-1)21-17-19-11-16(12-20-17)22-7-5-18-6-8-22;14-11-7-15-13(16-8-11)17-12-5-9-3-1-2-4-10(9)6-12;/h2-5,12-13,16H,6-11H2,1H3,(H,19,20,21);1-4,11-12,15,18H,5-10H2,(H,19,20,21);1-4,7-8,12H,5-6H2,(H,15,16,17);1H. The number of fused-ring (bicyclic) bond motifs is 3. The average molecular weight is 931 g/mol. The molecule has 63 heavy (non-hydrogen) atoms. The van der Waals surface area contributed by atoms with E-state index in [0.717, 1.165) is 119 Å². The summed E-state index contributed by atoms with van der Waals surface area (Å²) >= 11 is 3.33. The summed E-state index contributed by atoms with van der Waals surface area (Å²) in [4.78, 5) is 33.5. The maximum absolute atomic E-state index is 4.52. The fourth-order valence-electron chi connectivity index (χ4n) is 9.02. The van der Waals surface area contributed by atoms with Gasteiger partial charge in [-0.2, -0.15) is 0 Å². The molecule has 3 aromatic heterocycles. The van der Waals surface area contributed by atoms with Crippen molar-refractivity contribution in [1.82, 2.24) is 40.1 Å². The Bertz CT molecular complexity index is 2280. The van der Waals surface area contributed by atoms with Crippen LogP contribution in [0.2, 0.25) is 0 Å². The van der Waals surface area contributed by atoms with E-state index in [1.165, 1.54) is 33.4 Å². The molecule has 328 valence electrons. The van der Waals surface area contributed by atoms with E-state index in [4.69, 9.17) is 0 Å². The van der Waals surface area contributed by atoms with E-state index in [-0.39, 0.29) is 12.4 Å². The SMILES string of the molecule is Brc1cnc(NC2Cc3ccccc3C2)nc1.CN1CCN(c2cnc(NC3Cc4ccccc4C3)nc2)CC1.Cl.c1ccc2c(c1)CC(Nc1ncc(N3CCNCC3)cn1)C2. The van der Waals surface area contributed by atoms with Gasteiger partial charge in [0, 0.05) is 82.9 Å². The Labute approximate surface area is 385 Å². The van der Waals surface area contributed by atoms with Crippen molar-refractivity contribution in [2.24, 2.45) is 0 Å². The summed E-state index contributed by atoms with van der Waals surface area (Å²) in [5.74, 6) is 2.17. The van der Waals surface area contributed by atoms with Crippen molar-refractivity contribution >= 4 is 57.6 Å². The maximum atomic E-state index is 4.52. The highest BCUT2D eigenvalue weighted by molar-refractivity contribution is 9.10. The lowest BCUT2D eigenvalue weighted by atomic mass is 10.1. The minimum Gasteiger partial charge on any atom is -0.366 e. The summed E-state index contributed by atoms with van der Waals surface area (Å²) in [7, 11) is 2.17. The van der Waals surface area contributed by atoms with Gasteiger partial charge in [0.1, 0.15) is 0 Å². The molecule has 2 saturated heterocycles. The van der Waals surface area contributed by atoms with E-state index in [9.17, 15) is 0 Å². The summed E-state index contributed by atoms with van der Waals surface area (Å²) in [5.41, 5.74) is 10.9. The van der Waals surface area contributed by atoms with E-state index < -0.39 is 0 Å². The van der Waals surface area contributed by atoms with Crippen LogP contribution in [0, 0.1) is 0 Å². The van der Waals surface area contributed by atoms with Crippen LogP contribution in [0.4, 0.5) is 29.2 Å². The van der Waals surface area contributed by atoms with Crippen LogP contribution in [-0.2, 0) is 38.5 Å². The molecule has 11 rings (SSSR count). The molecule has 0 bridgehead atoms. The fraction of sp³-hybridized carbons (Fsp3) is 0.375. The number of benzene rings is 3. The second kappa shape index (κ2) is 21.3. The summed E-state index contributed by atoms with van der Waals surface area (Å²) < 4.78 is 0.901. The number of aromatic nitrogens is 6. The van der Waals surface area contributed by atoms with Crippen LogP contribution in [0.3, 0.4) is 0 Å². The Morgan fingerprint density at radius 3 is 1.10 bits per heavy atom. The van der Waals surface area contributed by atoms with Gasteiger partial charge in [-0.25, -0.2) is 29.9 Å². The average Bonchev–Trinajstić information content (AvgIpc) is 4.05. The van der Waals surface area contributed by atoms with Crippen LogP contribution < -0.4 is 31.1 Å². The number of hydrogen-bond donors (Lipinski definition) is 4. The molecule has 2 fully saturated rings. The number of anilines is 5. The van der Waals surface area contributed by atoms with Crippen molar-refractivity contribution in [1.29, 1.82) is 0 Å². The minimum absolute atomic E-state index is 0. The Balaban J connectivity index is 0.000000130. The van der Waals surface area contributed by atoms with Crippen molar-refractivity contribution in [2.75, 3.05) is 85.2 Å². The van der Waals surface area contributed by atoms with Gasteiger partial charge in [-0.05, 0) is 94.9 Å². The van der Waals surface area contributed by atoms with Crippen LogP contribution in [0.1, 0.15) is 33.4 Å². The molecule has 0 saturated carbocycles. The highest BCUT2D eigenvalue weighted by Crippen LogP contribution is 2.26. The van der Waals surface area contributed by atoms with Crippen molar-refractivity contribution in [3.63, 3.8) is 0 Å². The van der Waals surface area contributed by atoms with E-state index in [2.05, 4.69) is 162 Å². The lowest BCUT2D eigenvalue weighted by Crippen LogP contribution is -2.44. The molecule has 0 radical (unpaired) electrons. The first kappa shape index (κ1) is 44.2. The van der Waals surface area contributed by atoms with Crippen LogP contribution >= 0.6 is 28.3 Å². The highest BCUT2D eigenvalue weighted by Gasteiger charge is 2.24. The molecule has 3 aromatic carbocycles. The maximum Gasteiger partial charge on any atom is 0.222 e. The third-order valence-electron chi connectivity index (χ3n) is 12.4. The lowest BCUT2D eigenvalue weighted by Gasteiger charge is -2.33. The molecule has 15 heteroatoms. The third kappa shape index (κ3) is 11.8. The molecule has 0 spiro atoms. The first-order valence-electron chi connectivity index (χ1n) is 22.0. The molecular formula is C48H57BrClN13. The minimum atomic E-state index is 0. The van der Waals surface area contributed by atoms with E-state index in [0.29, 0.717) is 24.1 Å². The van der Waals surface area contributed by atoms with Gasteiger partial charge in [-0.3, -0.25) is 0 Å². The topological polar surface area (TPSA) is 135 Å². The van der Waals surface area contributed by atoms with E-state index in [1.54, 1.807) is 12.4 Å². The number of piperazine rings is 2. The zero-order chi connectivity index (χ0) is 42.1. The smallest absolute Gasteiger partial charge is 0.222 e. The molecule has 3 aliphatic carbocycles. The highest BCUT2D eigenvalue weighted by atomic mass is 79.9. The molecule has 13 nitrogen and oxygen atoms in total. The zero-order valence-electron chi connectivity index (χ0n) is 35.8. The summed E-state index contributed by atoms with van der Waals surface area (Å²) in [6.07, 6.45) is 17.6. The van der Waals surface area contributed by atoms with Gasteiger partial charge in [0.05, 0.1) is 40.6 Å². The molecule has 6 aromatic rings. The number of likely N-dealkylation sites (N-methyl/N-ethyl adjacent to an activating group) is 1. The number of nitrogens with one attached hydrogen (secondary N) is 4. The molecule has 0 atom stereocenters. The number of rotatable bonds is 8. The largest absolute Gasteiger partial charge is 0.366 e. The van der Waals surface area contributed by atoms with Crippen molar-refractivity contribution in [3.05, 3.63) is 148 Å². The van der Waals surface area contributed by atoms with E-state index in [1.807, 2.05) is 24.8 Å². The van der Waals surface area contributed by atoms with Gasteiger partial charge in [0.15, 0.2) is 0 Å². The Kier molecular flexibility index (Phi) is 15.0. The van der Waals surface area contributed by atoms with Gasteiger partial charge in [-0.1, -0.05) is 72.8 Å². The van der Waals surface area contributed by atoms with Gasteiger partial charge in [-0.15, -0.1) is 12.4 Å². The summed E-state index contributed by atoms with van der Waals surface area (Å²) in [6, 6.07) is 27.1. The zero-order valence-corrected chi connectivity index (χ0v) is 38.2. The first-order chi connectivity index (χ1) is 30.5. The van der Waals surface area contributed by atoms with Gasteiger partial charge in [0.2, 0.25) is 17.8 Å². The second-order valence-corrected chi connectivity index (χ2v) is 17.8. The molecule has 5 aliphatic rings. The van der Waals surface area contributed by atoms with Gasteiger partial charge >= 0.3 is 0 Å². The van der Waals surface area contributed by atoms with E-state index >= 15 is 0 Å². The monoisotopic (exact) mass is 929 g/mol. The van der Waals surface area contributed by atoms with Crippen LogP contribution in [0.15, 0.2) is 114 Å². The quantitative estimate of drug-likeness (QED) is 0.132. The summed E-state index contributed by atoms with van der Waals surface area (Å²) in [5, 5.41) is 13.7. The number of nitrogens with zero attached hydrogens (tertiary/aromatic N) is 9. The van der Waals surface area contributed by atoms with Gasteiger partial charge < -0.3 is 36.0 Å². The van der Waals surface area contributed by atoms with Crippen molar-refractivity contribution in [3.8, 4) is 0 Å². The predicted molar refractivity (Wildman–Crippen MR) is 260 cm³/mol. The Morgan fingerprint density at radius 2 is 0.762 bits per heavy atom. The molecule has 4 N–H and O–H groups in total. The van der Waals surface area contributed by atoms with Gasteiger partial charge in [0.25, 0.3) is 0 Å². The number of halogens is 2. The second-order valence-electron chi connectivity index (χ2n) is 16.8. The fourth-order valence-corrected chi connectivity index (χ4v) is 9.23. The van der Waals surface area contributed by atoms with Crippen LogP contribution in [0.5, 0.6) is 0 Å². The van der Waals surface area contributed by atoms with Crippen LogP contribution in [0.25, 0.3) is 0 Å². The number of hydrogen-bond acceptors (Lipinski definition) is 13. The molecular weight excluding hydrogens is 874 g/mol. The Hall–Kier alpha value is -5.41. The predicted octanol–water partition coefficient (Wildman–Crippen LogP) is 6.51. The van der Waals surface area contributed by atoms with Crippen molar-refractivity contribution in [2.45, 2.75) is 56.7 Å². The molecule has 5 heterocycles. The normalized spacial score (nSPS) is 17.2. The van der Waals surface area contributed by atoms with Crippen LogP contribution in [-0.4, -0.2) is 112 Å². The molecule has 0 amide bonds. The summed E-state index contributed by atoms with van der Waals surface area (Å²) in [6.45, 7) is 8.39. The lowest BCUT2D eigenvalue weighted by molar-refractivity contribution is 0.312. The third-order valence-corrected chi connectivity index (χ3v) is 12.8. The molecule has 2 aliphatic heterocycles. The first-order valence-corrected chi connectivity index (χ1v) is 22.8.